The lowest BCUT2D eigenvalue weighted by atomic mass is 10.2. The fourth-order valence-electron chi connectivity index (χ4n) is 2.36. The fourth-order valence-corrected chi connectivity index (χ4v) is 2.70. The van der Waals surface area contributed by atoms with E-state index in [-0.39, 0.29) is 5.89 Å². The maximum absolute atomic E-state index is 12.5. The average Bonchev–Trinajstić information content (AvgIpc) is 3.21. The zero-order valence-electron chi connectivity index (χ0n) is 15.4. The van der Waals surface area contributed by atoms with Crippen molar-refractivity contribution in [1.29, 1.82) is 0 Å². The Bertz CT molecular complexity index is 938. The molecule has 2 aromatic heterocycles. The SMILES string of the molecule is CF.CN(Cc1ccc(-c2nnc(C(F)F)o2)cn1)c1ccc(Br)cc1OC=O. The van der Waals surface area contributed by atoms with E-state index in [0.29, 0.717) is 42.9 Å². The van der Waals surface area contributed by atoms with E-state index < -0.39 is 12.3 Å². The molecular formula is C18H16BrF3N4O3. The number of benzene rings is 1. The molecule has 0 aliphatic heterocycles. The Morgan fingerprint density at radius 2 is 2.00 bits per heavy atom. The van der Waals surface area contributed by atoms with E-state index in [9.17, 15) is 18.0 Å². The van der Waals surface area contributed by atoms with Gasteiger partial charge in [0.2, 0.25) is 5.89 Å². The number of hydrogen-bond donors (Lipinski definition) is 0. The van der Waals surface area contributed by atoms with Crippen LogP contribution in [-0.4, -0.2) is 35.9 Å². The zero-order valence-corrected chi connectivity index (χ0v) is 16.9. The Labute approximate surface area is 172 Å². The van der Waals surface area contributed by atoms with Gasteiger partial charge in [0.15, 0.2) is 5.75 Å². The van der Waals surface area contributed by atoms with Crippen LogP contribution in [0.1, 0.15) is 18.0 Å². The summed E-state index contributed by atoms with van der Waals surface area (Å²) < 4.78 is 45.2. The van der Waals surface area contributed by atoms with E-state index in [1.54, 1.807) is 18.2 Å². The summed E-state index contributed by atoms with van der Waals surface area (Å²) in [5.74, 6) is -0.345. The summed E-state index contributed by atoms with van der Waals surface area (Å²) in [6.45, 7) is 0.785. The minimum Gasteiger partial charge on any atom is -0.426 e. The van der Waals surface area contributed by atoms with Gasteiger partial charge in [0.1, 0.15) is 0 Å². The summed E-state index contributed by atoms with van der Waals surface area (Å²) >= 11 is 3.33. The van der Waals surface area contributed by atoms with Gasteiger partial charge in [-0.2, -0.15) is 8.78 Å². The van der Waals surface area contributed by atoms with Gasteiger partial charge in [-0.3, -0.25) is 14.2 Å². The highest BCUT2D eigenvalue weighted by Gasteiger charge is 2.17. The lowest BCUT2D eigenvalue weighted by molar-refractivity contribution is -0.120. The maximum Gasteiger partial charge on any atom is 0.314 e. The second kappa shape index (κ2) is 10.6. The Hall–Kier alpha value is -2.95. The van der Waals surface area contributed by atoms with Crippen LogP contribution in [0.4, 0.5) is 18.9 Å². The summed E-state index contributed by atoms with van der Waals surface area (Å²) in [7, 11) is 2.32. The van der Waals surface area contributed by atoms with Crippen molar-refractivity contribution in [2.24, 2.45) is 0 Å². The minimum absolute atomic E-state index is 0.0210. The normalized spacial score (nSPS) is 10.3. The number of rotatable bonds is 7. The third-order valence-corrected chi connectivity index (χ3v) is 4.10. The van der Waals surface area contributed by atoms with E-state index >= 15 is 0 Å². The van der Waals surface area contributed by atoms with Crippen LogP contribution in [0.3, 0.4) is 0 Å². The molecule has 0 fully saturated rings. The van der Waals surface area contributed by atoms with Crippen molar-refractivity contribution >= 4 is 28.1 Å². The third kappa shape index (κ3) is 5.76. The van der Waals surface area contributed by atoms with Crippen molar-refractivity contribution in [1.82, 2.24) is 15.2 Å². The molecule has 3 aromatic rings. The molecule has 7 nitrogen and oxygen atoms in total. The van der Waals surface area contributed by atoms with Crippen molar-refractivity contribution < 1.29 is 27.1 Å². The summed E-state index contributed by atoms with van der Waals surface area (Å²) in [5, 5.41) is 6.87. The molecule has 154 valence electrons. The van der Waals surface area contributed by atoms with Crippen molar-refractivity contribution in [3.05, 3.63) is 52.6 Å². The topological polar surface area (TPSA) is 81.3 Å². The highest BCUT2D eigenvalue weighted by Crippen LogP contribution is 2.31. The van der Waals surface area contributed by atoms with Crippen LogP contribution >= 0.6 is 15.9 Å². The van der Waals surface area contributed by atoms with E-state index in [1.165, 1.54) is 6.20 Å². The molecule has 0 saturated carbocycles. The molecule has 0 spiro atoms. The predicted molar refractivity (Wildman–Crippen MR) is 102 cm³/mol. The molecule has 0 aliphatic carbocycles. The van der Waals surface area contributed by atoms with Gasteiger partial charge in [0.05, 0.1) is 30.7 Å². The number of carbonyl (C=O) groups is 1. The van der Waals surface area contributed by atoms with Gasteiger partial charge < -0.3 is 14.1 Å². The molecule has 0 unspecified atom stereocenters. The quantitative estimate of drug-likeness (QED) is 0.465. The Morgan fingerprint density at radius 3 is 2.59 bits per heavy atom. The molecule has 0 bridgehead atoms. The van der Waals surface area contributed by atoms with Crippen LogP contribution in [0.2, 0.25) is 0 Å². The van der Waals surface area contributed by atoms with E-state index in [2.05, 4.69) is 31.1 Å². The number of nitrogens with zero attached hydrogens (tertiary/aromatic N) is 4. The Balaban J connectivity index is 0.00000145. The first-order chi connectivity index (χ1) is 14.0. The first-order valence-electron chi connectivity index (χ1n) is 8.03. The lowest BCUT2D eigenvalue weighted by Crippen LogP contribution is -2.18. The van der Waals surface area contributed by atoms with Gasteiger partial charge in [-0.05, 0) is 30.3 Å². The molecule has 0 aliphatic rings. The molecule has 11 heteroatoms. The first-order valence-corrected chi connectivity index (χ1v) is 8.83. The van der Waals surface area contributed by atoms with E-state index in [4.69, 9.17) is 9.15 Å². The number of pyridine rings is 1. The molecule has 0 radical (unpaired) electrons. The Kier molecular flexibility index (Phi) is 8.13. The van der Waals surface area contributed by atoms with Crippen molar-refractivity contribution in [3.8, 4) is 17.2 Å². The molecule has 2 heterocycles. The molecule has 1 aromatic carbocycles. The van der Waals surface area contributed by atoms with Crippen molar-refractivity contribution in [2.45, 2.75) is 13.0 Å². The van der Waals surface area contributed by atoms with Gasteiger partial charge in [-0.25, -0.2) is 0 Å². The summed E-state index contributed by atoms with van der Waals surface area (Å²) in [6.07, 6.45) is -1.35. The molecule has 0 amide bonds. The first kappa shape index (κ1) is 22.3. The number of alkyl halides is 3. The van der Waals surface area contributed by atoms with Crippen LogP contribution in [0.15, 0.2) is 45.4 Å². The molecule has 3 rings (SSSR count). The molecule has 0 saturated heterocycles. The van der Waals surface area contributed by atoms with Crippen LogP contribution in [0, 0.1) is 0 Å². The highest BCUT2D eigenvalue weighted by atomic mass is 79.9. The number of anilines is 1. The molecular weight excluding hydrogens is 457 g/mol. The number of ether oxygens (including phenoxy) is 1. The lowest BCUT2D eigenvalue weighted by Gasteiger charge is -2.21. The fraction of sp³-hybridized carbons (Fsp3) is 0.222. The van der Waals surface area contributed by atoms with Crippen molar-refractivity contribution in [2.75, 3.05) is 19.1 Å². The van der Waals surface area contributed by atoms with Crippen LogP contribution in [-0.2, 0) is 11.3 Å². The number of hydrogen-bond acceptors (Lipinski definition) is 7. The zero-order chi connectivity index (χ0) is 21.4. The van der Waals surface area contributed by atoms with Crippen LogP contribution in [0.5, 0.6) is 5.75 Å². The standard InChI is InChI=1S/C17H13BrF2N4O3.CH3F/c1-24(13-5-3-11(18)6-14(13)26-9-25)8-12-4-2-10(7-21-12)16-22-23-17(27-16)15(19)20;1-2/h2-7,9,15H,8H2,1H3;1H3. The summed E-state index contributed by atoms with van der Waals surface area (Å²) in [4.78, 5) is 16.8. The second-order valence-corrected chi connectivity index (χ2v) is 6.38. The predicted octanol–water partition coefficient (Wildman–Crippen LogP) is 4.59. The number of halogens is 4. The largest absolute Gasteiger partial charge is 0.426 e. The van der Waals surface area contributed by atoms with Gasteiger partial charge in [-0.15, -0.1) is 10.2 Å². The van der Waals surface area contributed by atoms with Gasteiger partial charge in [0.25, 0.3) is 12.4 Å². The Morgan fingerprint density at radius 1 is 1.24 bits per heavy atom. The van der Waals surface area contributed by atoms with E-state index in [1.807, 2.05) is 24.1 Å². The maximum atomic E-state index is 12.5. The van der Waals surface area contributed by atoms with Gasteiger partial charge in [0, 0.05) is 17.7 Å². The molecule has 29 heavy (non-hydrogen) atoms. The van der Waals surface area contributed by atoms with Gasteiger partial charge >= 0.3 is 6.43 Å². The van der Waals surface area contributed by atoms with Gasteiger partial charge in [-0.1, -0.05) is 15.9 Å². The van der Waals surface area contributed by atoms with Crippen LogP contribution < -0.4 is 9.64 Å². The van der Waals surface area contributed by atoms with Crippen molar-refractivity contribution in [3.63, 3.8) is 0 Å². The van der Waals surface area contributed by atoms with Crippen LogP contribution in [0.25, 0.3) is 11.5 Å². The number of aromatic nitrogens is 3. The summed E-state index contributed by atoms with van der Waals surface area (Å²) in [6, 6.07) is 8.70. The third-order valence-electron chi connectivity index (χ3n) is 3.61. The highest BCUT2D eigenvalue weighted by molar-refractivity contribution is 9.10. The second-order valence-electron chi connectivity index (χ2n) is 5.47. The monoisotopic (exact) mass is 472 g/mol. The van der Waals surface area contributed by atoms with E-state index in [0.717, 1.165) is 4.47 Å². The smallest absolute Gasteiger partial charge is 0.314 e. The summed E-state index contributed by atoms with van der Waals surface area (Å²) in [5.41, 5.74) is 1.85. The number of carbonyl (C=O) groups excluding carboxylic acids is 1. The minimum atomic E-state index is -2.82. The average molecular weight is 473 g/mol. The molecule has 0 N–H and O–H groups in total. The molecule has 0 atom stereocenters.